The van der Waals surface area contributed by atoms with Gasteiger partial charge in [0.25, 0.3) is 0 Å². The summed E-state index contributed by atoms with van der Waals surface area (Å²) in [6.45, 7) is -0.468. The third-order valence-corrected chi connectivity index (χ3v) is 8.62. The minimum Gasteiger partial charge on any atom is -0.508 e. The van der Waals surface area contributed by atoms with Gasteiger partial charge < -0.3 is 19.7 Å². The van der Waals surface area contributed by atoms with Crippen molar-refractivity contribution in [2.75, 3.05) is 6.79 Å². The van der Waals surface area contributed by atoms with E-state index in [4.69, 9.17) is 9.47 Å². The first-order valence-corrected chi connectivity index (χ1v) is 13.2. The summed E-state index contributed by atoms with van der Waals surface area (Å²) in [5.41, 5.74) is 0. The van der Waals surface area contributed by atoms with Crippen molar-refractivity contribution >= 4 is 19.7 Å². The molecule has 0 radical (unpaired) electrons. The van der Waals surface area contributed by atoms with Crippen LogP contribution in [0.4, 0.5) is 0 Å². The molecular weight excluding hydrogens is 492 g/mol. The summed E-state index contributed by atoms with van der Waals surface area (Å²) in [7, 11) is -7.92. The molecule has 0 amide bonds. The molecule has 0 fully saturated rings. The molecule has 0 aromatic heterocycles. The number of rotatable bonds is 8. The third kappa shape index (κ3) is 5.08. The summed E-state index contributed by atoms with van der Waals surface area (Å²) in [4.78, 5) is -0.284. The summed E-state index contributed by atoms with van der Waals surface area (Å²) in [5, 5.41) is 18.9. The zero-order valence-corrected chi connectivity index (χ0v) is 19.7. The van der Waals surface area contributed by atoms with Gasteiger partial charge in [0, 0.05) is 0 Å². The summed E-state index contributed by atoms with van der Waals surface area (Å²) in [5.74, 6) is -0.107. The molecule has 180 valence electrons. The molecule has 0 aliphatic carbocycles. The van der Waals surface area contributed by atoms with Gasteiger partial charge in [-0.25, -0.2) is 16.8 Å². The highest BCUT2D eigenvalue weighted by molar-refractivity contribution is 7.92. The second-order valence-corrected chi connectivity index (χ2v) is 11.1. The van der Waals surface area contributed by atoms with Crippen molar-refractivity contribution < 1.29 is 36.5 Å². The first-order chi connectivity index (χ1) is 16.7. The fourth-order valence-corrected chi connectivity index (χ4v) is 6.04. The van der Waals surface area contributed by atoms with Crippen LogP contribution in [0.2, 0.25) is 0 Å². The third-order valence-electron chi connectivity index (χ3n) is 5.00. The Bertz CT molecular complexity index is 1430. The molecule has 4 aromatic carbocycles. The van der Waals surface area contributed by atoms with Crippen LogP contribution in [-0.2, 0) is 19.7 Å². The van der Waals surface area contributed by atoms with Gasteiger partial charge >= 0.3 is 0 Å². The maximum atomic E-state index is 13.1. The zero-order valence-electron chi connectivity index (χ0n) is 18.1. The van der Waals surface area contributed by atoms with Gasteiger partial charge in [-0.1, -0.05) is 24.3 Å². The fraction of sp³-hybridized carbons (Fsp3) is 0.0400. The lowest BCUT2D eigenvalue weighted by atomic mass is 10.3. The predicted octanol–water partition coefficient (Wildman–Crippen LogP) is 4.18. The number of phenols is 2. The van der Waals surface area contributed by atoms with E-state index in [2.05, 4.69) is 0 Å². The van der Waals surface area contributed by atoms with Crippen LogP contribution in [0.5, 0.6) is 23.0 Å². The molecule has 4 rings (SSSR count). The Morgan fingerprint density at radius 3 is 1.23 bits per heavy atom. The molecule has 8 nitrogen and oxygen atoms in total. The highest BCUT2D eigenvalue weighted by Gasteiger charge is 2.24. The first-order valence-electron chi connectivity index (χ1n) is 10.2. The van der Waals surface area contributed by atoms with Gasteiger partial charge in [0.15, 0.2) is 0 Å². The van der Waals surface area contributed by atoms with E-state index in [1.54, 1.807) is 24.3 Å². The van der Waals surface area contributed by atoms with Crippen LogP contribution < -0.4 is 9.47 Å². The van der Waals surface area contributed by atoms with E-state index >= 15 is 0 Å². The Morgan fingerprint density at radius 1 is 0.514 bits per heavy atom. The lowest BCUT2D eigenvalue weighted by Gasteiger charge is -2.15. The highest BCUT2D eigenvalue weighted by Crippen LogP contribution is 2.32. The highest BCUT2D eigenvalue weighted by atomic mass is 32.2. The molecule has 0 saturated heterocycles. The largest absolute Gasteiger partial charge is 0.508 e. The minimum absolute atomic E-state index is 0.0134. The summed E-state index contributed by atoms with van der Waals surface area (Å²) in [6, 6.07) is 22.1. The number of sulfone groups is 2. The second kappa shape index (κ2) is 9.69. The number of para-hydroxylation sites is 2. The molecule has 4 aromatic rings. The molecule has 0 aliphatic heterocycles. The maximum Gasteiger partial charge on any atom is 0.231 e. The van der Waals surface area contributed by atoms with E-state index < -0.39 is 26.5 Å². The summed E-state index contributed by atoms with van der Waals surface area (Å²) < 4.78 is 63.4. The normalized spacial score (nSPS) is 11.7. The average molecular weight is 513 g/mol. The fourth-order valence-electron chi connectivity index (χ4n) is 3.24. The Kier molecular flexibility index (Phi) is 6.68. The minimum atomic E-state index is -3.96. The van der Waals surface area contributed by atoms with Crippen molar-refractivity contribution in [1.29, 1.82) is 0 Å². The topological polar surface area (TPSA) is 127 Å². The van der Waals surface area contributed by atoms with Crippen LogP contribution in [0.1, 0.15) is 0 Å². The van der Waals surface area contributed by atoms with Crippen LogP contribution >= 0.6 is 0 Å². The molecular formula is C25H20O8S2. The SMILES string of the molecule is O=S(=O)(c1ccc(O)cc1)c1ccccc1OCOc1ccccc1S(=O)(=O)c1ccc(O)cc1. The lowest BCUT2D eigenvalue weighted by molar-refractivity contribution is 0.114. The molecule has 0 spiro atoms. The monoisotopic (exact) mass is 512 g/mol. The maximum absolute atomic E-state index is 13.1. The summed E-state index contributed by atoms with van der Waals surface area (Å²) >= 11 is 0. The Balaban J connectivity index is 1.57. The molecule has 2 N–H and O–H groups in total. The van der Waals surface area contributed by atoms with Gasteiger partial charge in [-0.15, -0.1) is 0 Å². The van der Waals surface area contributed by atoms with E-state index in [9.17, 15) is 27.0 Å². The van der Waals surface area contributed by atoms with Gasteiger partial charge in [0.05, 0.1) is 9.79 Å². The molecule has 0 unspecified atom stereocenters. The van der Waals surface area contributed by atoms with E-state index in [1.165, 1.54) is 72.8 Å². The van der Waals surface area contributed by atoms with E-state index in [1.807, 2.05) is 0 Å². The number of aromatic hydroxyl groups is 2. The number of hydrogen-bond acceptors (Lipinski definition) is 8. The molecule has 0 saturated carbocycles. The van der Waals surface area contributed by atoms with Crippen molar-refractivity contribution in [2.45, 2.75) is 19.6 Å². The van der Waals surface area contributed by atoms with Gasteiger partial charge in [-0.2, -0.15) is 0 Å². The van der Waals surface area contributed by atoms with Gasteiger partial charge in [-0.3, -0.25) is 0 Å². The summed E-state index contributed by atoms with van der Waals surface area (Å²) in [6.07, 6.45) is 0. The standard InChI is InChI=1S/C25H20O8S2/c26-18-9-13-20(14-10-18)34(28,29)24-7-3-1-5-22(24)32-17-33-23-6-2-4-8-25(23)35(30,31)21-15-11-19(27)12-16-21/h1-16,26-27H,17H2. The van der Waals surface area contributed by atoms with E-state index in [0.717, 1.165) is 0 Å². The second-order valence-electron chi connectivity index (χ2n) is 7.29. The van der Waals surface area contributed by atoms with Crippen LogP contribution in [0, 0.1) is 0 Å². The van der Waals surface area contributed by atoms with Crippen molar-refractivity contribution in [1.82, 2.24) is 0 Å². The molecule has 0 aliphatic rings. The molecule has 10 heteroatoms. The number of ether oxygens (including phenoxy) is 2. The van der Waals surface area contributed by atoms with Crippen molar-refractivity contribution in [3.8, 4) is 23.0 Å². The van der Waals surface area contributed by atoms with E-state index in [-0.39, 0.29) is 42.6 Å². The molecule has 0 heterocycles. The van der Waals surface area contributed by atoms with Crippen molar-refractivity contribution in [3.05, 3.63) is 97.1 Å². The van der Waals surface area contributed by atoms with Gasteiger partial charge in [0.2, 0.25) is 26.5 Å². The van der Waals surface area contributed by atoms with E-state index in [0.29, 0.717) is 0 Å². The quantitative estimate of drug-likeness (QED) is 0.337. The molecule has 35 heavy (non-hydrogen) atoms. The number of benzene rings is 4. The first kappa shape index (κ1) is 24.1. The van der Waals surface area contributed by atoms with Crippen molar-refractivity contribution in [2.24, 2.45) is 0 Å². The van der Waals surface area contributed by atoms with Crippen LogP contribution in [-0.4, -0.2) is 33.8 Å². The Hall–Kier alpha value is -4.02. The van der Waals surface area contributed by atoms with Gasteiger partial charge in [0.1, 0.15) is 32.8 Å². The number of phenolic OH excluding ortho intramolecular Hbond substituents is 2. The van der Waals surface area contributed by atoms with Gasteiger partial charge in [-0.05, 0) is 72.8 Å². The zero-order chi connectivity index (χ0) is 25.1. The van der Waals surface area contributed by atoms with Crippen LogP contribution in [0.15, 0.2) is 117 Å². The van der Waals surface area contributed by atoms with Crippen molar-refractivity contribution in [3.63, 3.8) is 0 Å². The predicted molar refractivity (Wildman–Crippen MR) is 126 cm³/mol. The number of hydrogen-bond donors (Lipinski definition) is 2. The average Bonchev–Trinajstić information content (AvgIpc) is 2.85. The Labute approximate surface area is 202 Å². The van der Waals surface area contributed by atoms with Crippen LogP contribution in [0.3, 0.4) is 0 Å². The Morgan fingerprint density at radius 2 is 0.857 bits per heavy atom. The lowest BCUT2D eigenvalue weighted by Crippen LogP contribution is -2.12. The molecule has 0 bridgehead atoms. The van der Waals surface area contributed by atoms with Crippen LogP contribution in [0.25, 0.3) is 0 Å². The molecule has 0 atom stereocenters. The smallest absolute Gasteiger partial charge is 0.231 e.